The summed E-state index contributed by atoms with van der Waals surface area (Å²) in [5.41, 5.74) is 2.81. The van der Waals surface area contributed by atoms with Crippen molar-refractivity contribution in [1.29, 1.82) is 0 Å². The Labute approximate surface area is 110 Å². The lowest BCUT2D eigenvalue weighted by atomic mass is 9.80. The summed E-state index contributed by atoms with van der Waals surface area (Å²) in [5, 5.41) is 0. The summed E-state index contributed by atoms with van der Waals surface area (Å²) >= 11 is 0. The Morgan fingerprint density at radius 1 is 1.28 bits per heavy atom. The van der Waals surface area contributed by atoms with E-state index >= 15 is 0 Å². The molecule has 0 fully saturated rings. The van der Waals surface area contributed by atoms with Gasteiger partial charge in [0.25, 0.3) is 0 Å². The van der Waals surface area contributed by atoms with Crippen LogP contribution in [0, 0.1) is 5.92 Å². The molecule has 18 heavy (non-hydrogen) atoms. The Hall–Kier alpha value is -1.37. The fraction of sp³-hybridized carbons (Fsp3) is 0.471. The maximum Gasteiger partial charge on any atom is 0.120 e. The molecular weight excluding hydrogens is 220 g/mol. The third-order valence-electron chi connectivity index (χ3n) is 3.91. The second-order valence-electron chi connectivity index (χ2n) is 5.27. The lowest BCUT2D eigenvalue weighted by Crippen LogP contribution is -2.10. The molecule has 1 aromatic rings. The molecule has 2 atom stereocenters. The quantitative estimate of drug-likeness (QED) is 0.428. The molecule has 1 heteroatoms. The van der Waals surface area contributed by atoms with E-state index in [2.05, 4.69) is 43.3 Å². The number of hydrogen-bond donors (Lipinski definition) is 0. The Bertz CT molecular complexity index is 402. The Morgan fingerprint density at radius 3 is 2.72 bits per heavy atom. The predicted molar refractivity (Wildman–Crippen MR) is 75.7 cm³/mol. The molecule has 0 saturated carbocycles. The van der Waals surface area contributed by atoms with Crippen LogP contribution in [0.25, 0.3) is 0 Å². The molecule has 96 valence electrons. The minimum Gasteiger partial charge on any atom is -0.303 e. The van der Waals surface area contributed by atoms with Gasteiger partial charge in [0.1, 0.15) is 6.29 Å². The molecule has 2 rings (SSSR count). The zero-order valence-corrected chi connectivity index (χ0v) is 11.1. The van der Waals surface area contributed by atoms with Crippen molar-refractivity contribution in [3.63, 3.8) is 0 Å². The Kier molecular flexibility index (Phi) is 4.74. The fourth-order valence-corrected chi connectivity index (χ4v) is 2.77. The Morgan fingerprint density at radius 2 is 2.06 bits per heavy atom. The topological polar surface area (TPSA) is 17.1 Å². The van der Waals surface area contributed by atoms with Crippen LogP contribution in [-0.2, 0) is 11.2 Å². The number of hydrogen-bond acceptors (Lipinski definition) is 1. The van der Waals surface area contributed by atoms with E-state index < -0.39 is 0 Å². The summed E-state index contributed by atoms with van der Waals surface area (Å²) in [7, 11) is 0. The van der Waals surface area contributed by atoms with Crippen molar-refractivity contribution in [2.75, 3.05) is 0 Å². The standard InChI is InChI=1S/C17H22O/c1-14-6-2-3-8-17(14)16-11-9-15(10-12-16)7-4-5-13-18/h2,6,9-14,17H,3-5,7-8H2,1H3. The van der Waals surface area contributed by atoms with Gasteiger partial charge in [-0.25, -0.2) is 0 Å². The normalized spacial score (nSPS) is 22.9. The zero-order valence-electron chi connectivity index (χ0n) is 11.1. The van der Waals surface area contributed by atoms with E-state index in [4.69, 9.17) is 0 Å². The molecule has 2 unspecified atom stereocenters. The highest BCUT2D eigenvalue weighted by molar-refractivity contribution is 5.49. The molecule has 1 nitrogen and oxygen atoms in total. The van der Waals surface area contributed by atoms with Crippen molar-refractivity contribution >= 4 is 6.29 Å². The first kappa shape index (κ1) is 13.1. The van der Waals surface area contributed by atoms with Crippen molar-refractivity contribution in [1.82, 2.24) is 0 Å². The molecule has 0 spiro atoms. The molecule has 1 aliphatic carbocycles. The predicted octanol–water partition coefficient (Wildman–Crippen LogP) is 4.28. The number of benzene rings is 1. The maximum absolute atomic E-state index is 10.3. The molecule has 0 bridgehead atoms. The van der Waals surface area contributed by atoms with Gasteiger partial charge in [-0.1, -0.05) is 43.3 Å². The maximum atomic E-state index is 10.3. The first-order valence-corrected chi connectivity index (χ1v) is 7.00. The SMILES string of the molecule is CC1C=CCCC1c1ccc(CCCC=O)cc1. The van der Waals surface area contributed by atoms with Crippen LogP contribution in [-0.4, -0.2) is 6.29 Å². The number of aldehydes is 1. The van der Waals surface area contributed by atoms with Crippen molar-refractivity contribution in [2.24, 2.45) is 5.92 Å². The molecule has 0 heterocycles. The molecule has 0 saturated heterocycles. The minimum absolute atomic E-state index is 0.652. The van der Waals surface area contributed by atoms with E-state index in [0.29, 0.717) is 18.3 Å². The second-order valence-corrected chi connectivity index (χ2v) is 5.27. The average Bonchev–Trinajstić information content (AvgIpc) is 2.41. The number of aryl methyl sites for hydroxylation is 1. The van der Waals surface area contributed by atoms with Crippen LogP contribution in [0.3, 0.4) is 0 Å². The second kappa shape index (κ2) is 6.53. The summed E-state index contributed by atoms with van der Waals surface area (Å²) < 4.78 is 0. The van der Waals surface area contributed by atoms with Crippen LogP contribution in [0.5, 0.6) is 0 Å². The summed E-state index contributed by atoms with van der Waals surface area (Å²) in [5.74, 6) is 1.33. The van der Waals surface area contributed by atoms with Crippen molar-refractivity contribution < 1.29 is 4.79 Å². The van der Waals surface area contributed by atoms with Crippen LogP contribution in [0.1, 0.15) is 49.7 Å². The summed E-state index contributed by atoms with van der Waals surface area (Å²) in [6.45, 7) is 2.30. The van der Waals surface area contributed by atoms with Gasteiger partial charge < -0.3 is 4.79 Å². The van der Waals surface area contributed by atoms with E-state index in [1.165, 1.54) is 24.0 Å². The van der Waals surface area contributed by atoms with Crippen LogP contribution in [0.2, 0.25) is 0 Å². The monoisotopic (exact) mass is 242 g/mol. The summed E-state index contributed by atoms with van der Waals surface area (Å²) in [4.78, 5) is 10.3. The van der Waals surface area contributed by atoms with E-state index in [1.807, 2.05) is 0 Å². The molecule has 0 radical (unpaired) electrons. The minimum atomic E-state index is 0.652. The molecule has 1 aromatic carbocycles. The van der Waals surface area contributed by atoms with Crippen LogP contribution in [0.4, 0.5) is 0 Å². The third kappa shape index (κ3) is 3.32. The molecule has 0 amide bonds. The lowest BCUT2D eigenvalue weighted by Gasteiger charge is -2.25. The van der Waals surface area contributed by atoms with Gasteiger partial charge in [0.05, 0.1) is 0 Å². The van der Waals surface area contributed by atoms with Gasteiger partial charge >= 0.3 is 0 Å². The van der Waals surface area contributed by atoms with Gasteiger partial charge in [-0.15, -0.1) is 0 Å². The fourth-order valence-electron chi connectivity index (χ4n) is 2.77. The highest BCUT2D eigenvalue weighted by Crippen LogP contribution is 2.33. The number of allylic oxidation sites excluding steroid dienone is 2. The van der Waals surface area contributed by atoms with Gasteiger partial charge in [-0.3, -0.25) is 0 Å². The Balaban J connectivity index is 1.98. The molecule has 0 N–H and O–H groups in total. The van der Waals surface area contributed by atoms with Gasteiger partial charge in [-0.05, 0) is 48.6 Å². The van der Waals surface area contributed by atoms with Gasteiger partial charge in [0, 0.05) is 6.42 Å². The molecule has 0 aliphatic heterocycles. The van der Waals surface area contributed by atoms with Crippen LogP contribution < -0.4 is 0 Å². The first-order valence-electron chi connectivity index (χ1n) is 7.00. The highest BCUT2D eigenvalue weighted by Gasteiger charge is 2.19. The van der Waals surface area contributed by atoms with Crippen LogP contribution >= 0.6 is 0 Å². The van der Waals surface area contributed by atoms with Crippen molar-refractivity contribution in [3.8, 4) is 0 Å². The number of rotatable bonds is 5. The smallest absolute Gasteiger partial charge is 0.120 e. The number of carbonyl (C=O) groups excluding carboxylic acids is 1. The third-order valence-corrected chi connectivity index (χ3v) is 3.91. The van der Waals surface area contributed by atoms with E-state index in [0.717, 1.165) is 19.1 Å². The largest absolute Gasteiger partial charge is 0.303 e. The van der Waals surface area contributed by atoms with Crippen molar-refractivity contribution in [2.45, 2.75) is 44.9 Å². The number of carbonyl (C=O) groups is 1. The van der Waals surface area contributed by atoms with E-state index in [9.17, 15) is 4.79 Å². The van der Waals surface area contributed by atoms with E-state index in [1.54, 1.807) is 0 Å². The first-order chi connectivity index (χ1) is 8.81. The van der Waals surface area contributed by atoms with E-state index in [-0.39, 0.29) is 0 Å². The molecule has 1 aliphatic rings. The average molecular weight is 242 g/mol. The van der Waals surface area contributed by atoms with Gasteiger partial charge in [0.2, 0.25) is 0 Å². The molecule has 0 aromatic heterocycles. The van der Waals surface area contributed by atoms with Gasteiger partial charge in [-0.2, -0.15) is 0 Å². The number of unbranched alkanes of at least 4 members (excludes halogenated alkanes) is 1. The lowest BCUT2D eigenvalue weighted by molar-refractivity contribution is -0.107. The van der Waals surface area contributed by atoms with Crippen LogP contribution in [0.15, 0.2) is 36.4 Å². The van der Waals surface area contributed by atoms with Gasteiger partial charge in [0.15, 0.2) is 0 Å². The van der Waals surface area contributed by atoms with Crippen molar-refractivity contribution in [3.05, 3.63) is 47.5 Å². The molecular formula is C17H22O. The summed E-state index contributed by atoms with van der Waals surface area (Å²) in [6.07, 6.45) is 10.8. The zero-order chi connectivity index (χ0) is 12.8. The highest BCUT2D eigenvalue weighted by atomic mass is 16.1. The summed E-state index contributed by atoms with van der Waals surface area (Å²) in [6, 6.07) is 9.00.